The van der Waals surface area contributed by atoms with E-state index < -0.39 is 5.41 Å². The predicted molar refractivity (Wildman–Crippen MR) is 92.3 cm³/mol. The Balaban J connectivity index is 1.99. The van der Waals surface area contributed by atoms with Gasteiger partial charge in [-0.3, -0.25) is 14.5 Å². The SMILES string of the molecule is CN(C)C(CNC(=O)C1CCCN1C(=O)C(C)(C)C)c1ccco1. The van der Waals surface area contributed by atoms with Crippen LogP contribution >= 0.6 is 0 Å². The molecule has 0 aromatic carbocycles. The average Bonchev–Trinajstić information content (AvgIpc) is 3.16. The fourth-order valence-corrected chi connectivity index (χ4v) is 3.05. The minimum absolute atomic E-state index is 0.0304. The van der Waals surface area contributed by atoms with Crippen LogP contribution in [0.15, 0.2) is 22.8 Å². The third-order valence-electron chi connectivity index (χ3n) is 4.42. The molecule has 0 spiro atoms. The maximum absolute atomic E-state index is 12.6. The highest BCUT2D eigenvalue weighted by Crippen LogP contribution is 2.26. The molecule has 1 N–H and O–H groups in total. The summed E-state index contributed by atoms with van der Waals surface area (Å²) in [6.07, 6.45) is 3.23. The van der Waals surface area contributed by atoms with Crippen molar-refractivity contribution in [3.63, 3.8) is 0 Å². The van der Waals surface area contributed by atoms with Gasteiger partial charge in [-0.15, -0.1) is 0 Å². The van der Waals surface area contributed by atoms with E-state index in [0.29, 0.717) is 13.1 Å². The number of nitrogens with zero attached hydrogens (tertiary/aromatic N) is 2. The van der Waals surface area contributed by atoms with E-state index in [-0.39, 0.29) is 23.9 Å². The molecule has 2 amide bonds. The van der Waals surface area contributed by atoms with Crippen molar-refractivity contribution in [1.82, 2.24) is 15.1 Å². The average molecular weight is 335 g/mol. The van der Waals surface area contributed by atoms with E-state index in [2.05, 4.69) is 5.32 Å². The second-order valence-corrected chi connectivity index (χ2v) is 7.65. The van der Waals surface area contributed by atoms with E-state index in [4.69, 9.17) is 4.42 Å². The van der Waals surface area contributed by atoms with Gasteiger partial charge in [0, 0.05) is 18.5 Å². The van der Waals surface area contributed by atoms with Crippen molar-refractivity contribution in [3.05, 3.63) is 24.2 Å². The molecule has 1 aromatic rings. The molecule has 2 rings (SSSR count). The monoisotopic (exact) mass is 335 g/mol. The number of rotatable bonds is 5. The minimum Gasteiger partial charge on any atom is -0.468 e. The Kier molecular flexibility index (Phi) is 5.70. The molecule has 1 aliphatic rings. The molecule has 2 atom stereocenters. The zero-order valence-electron chi connectivity index (χ0n) is 15.3. The van der Waals surface area contributed by atoms with Gasteiger partial charge < -0.3 is 14.6 Å². The van der Waals surface area contributed by atoms with E-state index in [1.165, 1.54) is 0 Å². The van der Waals surface area contributed by atoms with Crippen LogP contribution in [0, 0.1) is 5.41 Å². The third-order valence-corrected chi connectivity index (χ3v) is 4.42. The number of hydrogen-bond acceptors (Lipinski definition) is 4. The molecule has 0 bridgehead atoms. The van der Waals surface area contributed by atoms with Gasteiger partial charge in [0.2, 0.25) is 11.8 Å². The molecule has 24 heavy (non-hydrogen) atoms. The molecule has 6 heteroatoms. The lowest BCUT2D eigenvalue weighted by Crippen LogP contribution is -2.50. The second kappa shape index (κ2) is 7.38. The van der Waals surface area contributed by atoms with Crippen molar-refractivity contribution in [1.29, 1.82) is 0 Å². The van der Waals surface area contributed by atoms with Crippen LogP contribution in [0.3, 0.4) is 0 Å². The summed E-state index contributed by atoms with van der Waals surface area (Å²) in [5.74, 6) is 0.771. The van der Waals surface area contributed by atoms with Gasteiger partial charge in [-0.25, -0.2) is 0 Å². The molecule has 0 radical (unpaired) electrons. The summed E-state index contributed by atoms with van der Waals surface area (Å²) < 4.78 is 5.46. The number of likely N-dealkylation sites (tertiary alicyclic amines) is 1. The Morgan fingerprint density at radius 1 is 1.42 bits per heavy atom. The fourth-order valence-electron chi connectivity index (χ4n) is 3.05. The normalized spacial score (nSPS) is 19.6. The molecule has 134 valence electrons. The maximum atomic E-state index is 12.6. The number of hydrogen-bond donors (Lipinski definition) is 1. The molecule has 1 aromatic heterocycles. The molecule has 0 saturated carbocycles. The number of nitrogens with one attached hydrogen (secondary N) is 1. The van der Waals surface area contributed by atoms with Crippen LogP contribution in [-0.4, -0.2) is 54.8 Å². The lowest BCUT2D eigenvalue weighted by atomic mass is 9.94. The Morgan fingerprint density at radius 2 is 2.12 bits per heavy atom. The molecule has 2 heterocycles. The number of furan rings is 1. The molecule has 1 fully saturated rings. The number of carbonyl (C=O) groups excluding carboxylic acids is 2. The molecule has 1 saturated heterocycles. The first kappa shape index (κ1) is 18.5. The van der Waals surface area contributed by atoms with Crippen LogP contribution in [0.25, 0.3) is 0 Å². The number of carbonyl (C=O) groups is 2. The van der Waals surface area contributed by atoms with Crippen LogP contribution in [0.5, 0.6) is 0 Å². The third kappa shape index (κ3) is 4.17. The molecular formula is C18H29N3O3. The van der Waals surface area contributed by atoms with E-state index in [0.717, 1.165) is 18.6 Å². The van der Waals surface area contributed by atoms with Crippen LogP contribution in [0.2, 0.25) is 0 Å². The van der Waals surface area contributed by atoms with Crippen LogP contribution in [0.4, 0.5) is 0 Å². The summed E-state index contributed by atoms with van der Waals surface area (Å²) >= 11 is 0. The zero-order valence-corrected chi connectivity index (χ0v) is 15.3. The Labute approximate surface area is 144 Å². The Hall–Kier alpha value is -1.82. The quantitative estimate of drug-likeness (QED) is 0.894. The van der Waals surface area contributed by atoms with Gasteiger partial charge in [-0.2, -0.15) is 0 Å². The number of amides is 2. The standard InChI is InChI=1S/C18H29N3O3/c1-18(2,3)17(23)21-10-6-8-13(21)16(22)19-12-14(20(4)5)15-9-7-11-24-15/h7,9,11,13-14H,6,8,10,12H2,1-5H3,(H,19,22). The number of likely N-dealkylation sites (N-methyl/N-ethyl adjacent to an activating group) is 1. The molecule has 0 aliphatic carbocycles. The predicted octanol–water partition coefficient (Wildman–Crippen LogP) is 2.04. The zero-order chi connectivity index (χ0) is 17.9. The van der Waals surface area contributed by atoms with Crippen molar-refractivity contribution < 1.29 is 14.0 Å². The maximum Gasteiger partial charge on any atom is 0.242 e. The molecular weight excluding hydrogens is 306 g/mol. The van der Waals surface area contributed by atoms with Gasteiger partial charge in [0.25, 0.3) is 0 Å². The molecule has 6 nitrogen and oxygen atoms in total. The van der Waals surface area contributed by atoms with Crippen molar-refractivity contribution in [2.24, 2.45) is 5.41 Å². The largest absolute Gasteiger partial charge is 0.468 e. The summed E-state index contributed by atoms with van der Waals surface area (Å²) in [6, 6.07) is 3.35. The van der Waals surface area contributed by atoms with E-state index in [9.17, 15) is 9.59 Å². The van der Waals surface area contributed by atoms with Crippen molar-refractivity contribution >= 4 is 11.8 Å². The van der Waals surface area contributed by atoms with E-state index in [1.807, 2.05) is 51.9 Å². The smallest absolute Gasteiger partial charge is 0.242 e. The minimum atomic E-state index is -0.469. The summed E-state index contributed by atoms with van der Waals surface area (Å²) in [7, 11) is 3.90. The first-order chi connectivity index (χ1) is 11.2. The van der Waals surface area contributed by atoms with E-state index >= 15 is 0 Å². The van der Waals surface area contributed by atoms with Gasteiger partial charge in [0.15, 0.2) is 0 Å². The highest BCUT2D eigenvalue weighted by Gasteiger charge is 2.38. The Morgan fingerprint density at radius 3 is 2.67 bits per heavy atom. The summed E-state index contributed by atoms with van der Waals surface area (Å²) in [6.45, 7) is 6.78. The van der Waals surface area contributed by atoms with Crippen molar-refractivity contribution in [2.75, 3.05) is 27.2 Å². The second-order valence-electron chi connectivity index (χ2n) is 7.65. The highest BCUT2D eigenvalue weighted by molar-refractivity contribution is 5.90. The van der Waals surface area contributed by atoms with Gasteiger partial charge >= 0.3 is 0 Å². The summed E-state index contributed by atoms with van der Waals surface area (Å²) in [5.41, 5.74) is -0.469. The van der Waals surface area contributed by atoms with Crippen LogP contribution < -0.4 is 5.32 Å². The lowest BCUT2D eigenvalue weighted by Gasteiger charge is -2.31. The first-order valence-corrected chi connectivity index (χ1v) is 8.50. The summed E-state index contributed by atoms with van der Waals surface area (Å²) in [5, 5.41) is 3.00. The van der Waals surface area contributed by atoms with Gasteiger partial charge in [0.05, 0.1) is 12.3 Å². The Bertz CT molecular complexity index is 561. The van der Waals surface area contributed by atoms with Gasteiger partial charge in [-0.05, 0) is 39.1 Å². The van der Waals surface area contributed by atoms with Crippen LogP contribution in [0.1, 0.15) is 45.4 Å². The van der Waals surface area contributed by atoms with Gasteiger partial charge in [-0.1, -0.05) is 20.8 Å². The molecule has 2 unspecified atom stereocenters. The first-order valence-electron chi connectivity index (χ1n) is 8.50. The summed E-state index contributed by atoms with van der Waals surface area (Å²) in [4.78, 5) is 28.9. The van der Waals surface area contributed by atoms with Crippen molar-refractivity contribution in [2.45, 2.75) is 45.7 Å². The topological polar surface area (TPSA) is 65.8 Å². The highest BCUT2D eigenvalue weighted by atomic mass is 16.3. The van der Waals surface area contributed by atoms with Gasteiger partial charge in [0.1, 0.15) is 11.8 Å². The van der Waals surface area contributed by atoms with Crippen LogP contribution in [-0.2, 0) is 9.59 Å². The fraction of sp³-hybridized carbons (Fsp3) is 0.667. The van der Waals surface area contributed by atoms with Crippen molar-refractivity contribution in [3.8, 4) is 0 Å². The lowest BCUT2D eigenvalue weighted by molar-refractivity contribution is -0.144. The van der Waals surface area contributed by atoms with E-state index in [1.54, 1.807) is 11.2 Å². The molecule has 1 aliphatic heterocycles.